The fourth-order valence-corrected chi connectivity index (χ4v) is 2.88. The molecular formula is C14H11Br2N3O. The summed E-state index contributed by atoms with van der Waals surface area (Å²) in [6, 6.07) is 11.6. The second kappa shape index (κ2) is 5.10. The van der Waals surface area contributed by atoms with E-state index < -0.39 is 0 Å². The van der Waals surface area contributed by atoms with E-state index in [0.717, 1.165) is 31.4 Å². The molecule has 0 radical (unpaired) electrons. The van der Waals surface area contributed by atoms with E-state index in [2.05, 4.69) is 36.8 Å². The lowest BCUT2D eigenvalue weighted by Gasteiger charge is -2.11. The van der Waals surface area contributed by atoms with Gasteiger partial charge in [-0.25, -0.2) is 4.98 Å². The SMILES string of the molecule is COc1ccc(Br)c(-n2c(N)nc3ccc(Br)cc32)c1. The Morgan fingerprint density at radius 2 is 1.95 bits per heavy atom. The van der Waals surface area contributed by atoms with Crippen LogP contribution in [0.1, 0.15) is 0 Å². The highest BCUT2D eigenvalue weighted by atomic mass is 79.9. The van der Waals surface area contributed by atoms with E-state index in [0.29, 0.717) is 5.95 Å². The molecule has 3 aromatic rings. The number of aromatic nitrogens is 2. The third-order valence-corrected chi connectivity index (χ3v) is 4.20. The molecule has 2 aromatic carbocycles. The van der Waals surface area contributed by atoms with Gasteiger partial charge in [0, 0.05) is 15.0 Å². The van der Waals surface area contributed by atoms with Crippen LogP contribution in [0, 0.1) is 0 Å². The van der Waals surface area contributed by atoms with Crippen LogP contribution in [0.5, 0.6) is 5.75 Å². The molecular weight excluding hydrogens is 386 g/mol. The summed E-state index contributed by atoms with van der Waals surface area (Å²) < 4.78 is 9.07. The van der Waals surface area contributed by atoms with E-state index in [4.69, 9.17) is 10.5 Å². The Bertz CT molecular complexity index is 798. The van der Waals surface area contributed by atoms with Gasteiger partial charge in [-0.15, -0.1) is 0 Å². The summed E-state index contributed by atoms with van der Waals surface area (Å²) in [5.41, 5.74) is 8.75. The van der Waals surface area contributed by atoms with Crippen LogP contribution >= 0.6 is 31.9 Å². The van der Waals surface area contributed by atoms with Crippen molar-refractivity contribution in [1.29, 1.82) is 0 Å². The minimum Gasteiger partial charge on any atom is -0.497 e. The molecule has 2 N–H and O–H groups in total. The first-order valence-corrected chi connectivity index (χ1v) is 7.46. The minimum absolute atomic E-state index is 0.437. The van der Waals surface area contributed by atoms with Gasteiger partial charge in [-0.2, -0.15) is 0 Å². The molecule has 0 amide bonds. The van der Waals surface area contributed by atoms with Crippen LogP contribution in [-0.4, -0.2) is 16.7 Å². The number of hydrogen-bond donors (Lipinski definition) is 1. The van der Waals surface area contributed by atoms with E-state index in [9.17, 15) is 0 Å². The highest BCUT2D eigenvalue weighted by molar-refractivity contribution is 9.10. The molecule has 0 bridgehead atoms. The molecule has 6 heteroatoms. The van der Waals surface area contributed by atoms with Gasteiger partial charge < -0.3 is 10.5 Å². The van der Waals surface area contributed by atoms with Crippen molar-refractivity contribution in [3.63, 3.8) is 0 Å². The Morgan fingerprint density at radius 3 is 2.70 bits per heavy atom. The van der Waals surface area contributed by atoms with E-state index in [1.807, 2.05) is 41.0 Å². The fraction of sp³-hybridized carbons (Fsp3) is 0.0714. The largest absolute Gasteiger partial charge is 0.497 e. The summed E-state index contributed by atoms with van der Waals surface area (Å²) in [6.07, 6.45) is 0. The molecule has 3 rings (SSSR count). The molecule has 1 aromatic heterocycles. The van der Waals surface area contributed by atoms with Crippen molar-refractivity contribution in [3.05, 3.63) is 45.3 Å². The molecule has 4 nitrogen and oxygen atoms in total. The van der Waals surface area contributed by atoms with Gasteiger partial charge >= 0.3 is 0 Å². The number of nitrogens with zero attached hydrogens (tertiary/aromatic N) is 2. The molecule has 0 aliphatic carbocycles. The number of nitrogen functional groups attached to an aromatic ring is 1. The highest BCUT2D eigenvalue weighted by Gasteiger charge is 2.13. The number of halogens is 2. The molecule has 0 saturated carbocycles. The lowest BCUT2D eigenvalue weighted by molar-refractivity contribution is 0.414. The zero-order chi connectivity index (χ0) is 14.3. The number of fused-ring (bicyclic) bond motifs is 1. The second-order valence-corrected chi connectivity index (χ2v) is 6.03. The summed E-state index contributed by atoms with van der Waals surface area (Å²) >= 11 is 7.02. The average molecular weight is 397 g/mol. The molecule has 0 atom stereocenters. The molecule has 0 aliphatic rings. The van der Waals surface area contributed by atoms with Crippen molar-refractivity contribution < 1.29 is 4.74 Å². The smallest absolute Gasteiger partial charge is 0.205 e. The number of nitrogens with two attached hydrogens (primary N) is 1. The third-order valence-electron chi connectivity index (χ3n) is 3.04. The summed E-state index contributed by atoms with van der Waals surface area (Å²) in [4.78, 5) is 4.39. The number of imidazole rings is 1. The van der Waals surface area contributed by atoms with Crippen LogP contribution in [0.25, 0.3) is 16.7 Å². The number of rotatable bonds is 2. The number of hydrogen-bond acceptors (Lipinski definition) is 3. The van der Waals surface area contributed by atoms with E-state index in [1.165, 1.54) is 0 Å². The van der Waals surface area contributed by atoms with Crippen LogP contribution < -0.4 is 10.5 Å². The van der Waals surface area contributed by atoms with Crippen LogP contribution in [0.15, 0.2) is 45.3 Å². The van der Waals surface area contributed by atoms with Gasteiger partial charge in [0.1, 0.15) is 5.75 Å². The normalized spacial score (nSPS) is 10.9. The van der Waals surface area contributed by atoms with E-state index in [-0.39, 0.29) is 0 Å². The van der Waals surface area contributed by atoms with Crippen LogP contribution in [0.2, 0.25) is 0 Å². The quantitative estimate of drug-likeness (QED) is 0.708. The lowest BCUT2D eigenvalue weighted by Crippen LogP contribution is -2.02. The molecule has 1 heterocycles. The first-order chi connectivity index (χ1) is 9.60. The van der Waals surface area contributed by atoms with Crippen LogP contribution in [0.3, 0.4) is 0 Å². The standard InChI is InChI=1S/C14H11Br2N3O/c1-20-9-3-4-10(16)12(7-9)19-13-6-8(15)2-5-11(13)18-14(19)17/h2-7H,1H3,(H2,17,18). The number of ether oxygens (including phenoxy) is 1. The molecule has 102 valence electrons. The topological polar surface area (TPSA) is 53.1 Å². The molecule has 0 spiro atoms. The van der Waals surface area contributed by atoms with Gasteiger partial charge in [0.15, 0.2) is 0 Å². The summed E-state index contributed by atoms with van der Waals surface area (Å²) in [6.45, 7) is 0. The van der Waals surface area contributed by atoms with Crippen molar-refractivity contribution in [3.8, 4) is 11.4 Å². The first kappa shape index (κ1) is 13.5. The molecule has 0 saturated heterocycles. The van der Waals surface area contributed by atoms with Gasteiger partial charge in [0.25, 0.3) is 0 Å². The molecule has 0 aliphatic heterocycles. The molecule has 0 fully saturated rings. The average Bonchev–Trinajstić information content (AvgIpc) is 2.75. The Balaban J connectivity index is 2.34. The zero-order valence-electron chi connectivity index (χ0n) is 10.6. The van der Waals surface area contributed by atoms with E-state index >= 15 is 0 Å². The predicted octanol–water partition coefficient (Wildman–Crippen LogP) is 4.14. The van der Waals surface area contributed by atoms with Crippen LogP contribution in [0.4, 0.5) is 5.95 Å². The van der Waals surface area contributed by atoms with Gasteiger partial charge in [0.2, 0.25) is 5.95 Å². The first-order valence-electron chi connectivity index (χ1n) is 5.87. The maximum atomic E-state index is 6.07. The van der Waals surface area contributed by atoms with Crippen molar-refractivity contribution in [2.24, 2.45) is 0 Å². The summed E-state index contributed by atoms with van der Waals surface area (Å²) in [7, 11) is 1.64. The summed E-state index contributed by atoms with van der Waals surface area (Å²) in [5.74, 6) is 1.20. The minimum atomic E-state index is 0.437. The Morgan fingerprint density at radius 1 is 1.15 bits per heavy atom. The van der Waals surface area contributed by atoms with Crippen molar-refractivity contribution in [1.82, 2.24) is 9.55 Å². The van der Waals surface area contributed by atoms with Gasteiger partial charge in [-0.3, -0.25) is 4.57 Å². The monoisotopic (exact) mass is 395 g/mol. The van der Waals surface area contributed by atoms with Crippen LogP contribution in [-0.2, 0) is 0 Å². The van der Waals surface area contributed by atoms with E-state index in [1.54, 1.807) is 7.11 Å². The maximum absolute atomic E-state index is 6.07. The van der Waals surface area contributed by atoms with Crippen molar-refractivity contribution in [2.75, 3.05) is 12.8 Å². The number of anilines is 1. The Hall–Kier alpha value is -1.53. The molecule has 20 heavy (non-hydrogen) atoms. The van der Waals surface area contributed by atoms with Gasteiger partial charge in [-0.05, 0) is 46.3 Å². The number of methoxy groups -OCH3 is 1. The maximum Gasteiger partial charge on any atom is 0.205 e. The number of benzene rings is 2. The Labute approximate surface area is 132 Å². The predicted molar refractivity (Wildman–Crippen MR) is 87.4 cm³/mol. The lowest BCUT2D eigenvalue weighted by atomic mass is 10.2. The van der Waals surface area contributed by atoms with Gasteiger partial charge in [0.05, 0.1) is 23.8 Å². The third kappa shape index (κ3) is 2.19. The summed E-state index contributed by atoms with van der Waals surface area (Å²) in [5, 5.41) is 0. The molecule has 0 unspecified atom stereocenters. The second-order valence-electron chi connectivity index (χ2n) is 4.26. The van der Waals surface area contributed by atoms with Crippen molar-refractivity contribution in [2.45, 2.75) is 0 Å². The zero-order valence-corrected chi connectivity index (χ0v) is 13.8. The Kier molecular flexibility index (Phi) is 3.43. The van der Waals surface area contributed by atoms with Crippen molar-refractivity contribution >= 4 is 48.8 Å². The highest BCUT2D eigenvalue weighted by Crippen LogP contribution is 2.32. The fourth-order valence-electron chi connectivity index (χ4n) is 2.11. The van der Waals surface area contributed by atoms with Gasteiger partial charge in [-0.1, -0.05) is 15.9 Å².